The smallest absolute Gasteiger partial charge is 0.0205 e. The highest BCUT2D eigenvalue weighted by molar-refractivity contribution is 5.63. The van der Waals surface area contributed by atoms with Gasteiger partial charge < -0.3 is 5.32 Å². The molecule has 2 rings (SSSR count). The van der Waals surface area contributed by atoms with Crippen molar-refractivity contribution in [2.24, 2.45) is 0 Å². The van der Waals surface area contributed by atoms with Crippen LogP contribution in [0.4, 0.5) is 0 Å². The van der Waals surface area contributed by atoms with E-state index in [-0.39, 0.29) is 0 Å². The summed E-state index contributed by atoms with van der Waals surface area (Å²) in [6.07, 6.45) is 0. The first-order valence-corrected chi connectivity index (χ1v) is 6.16. The first-order chi connectivity index (χ1) is 8.29. The van der Waals surface area contributed by atoms with Crippen molar-refractivity contribution in [3.63, 3.8) is 0 Å². The van der Waals surface area contributed by atoms with Gasteiger partial charge in [0.1, 0.15) is 0 Å². The topological polar surface area (TPSA) is 12.0 Å². The van der Waals surface area contributed by atoms with Crippen LogP contribution in [0.5, 0.6) is 0 Å². The number of hydrogen-bond acceptors (Lipinski definition) is 1. The van der Waals surface area contributed by atoms with Gasteiger partial charge in [0.15, 0.2) is 0 Å². The second kappa shape index (κ2) is 5.65. The van der Waals surface area contributed by atoms with Crippen LogP contribution in [-0.2, 0) is 6.54 Å². The minimum Gasteiger partial charge on any atom is -0.313 e. The molecule has 0 bridgehead atoms. The third-order valence-corrected chi connectivity index (χ3v) is 2.92. The van der Waals surface area contributed by atoms with Crippen LogP contribution in [0.3, 0.4) is 0 Å². The zero-order valence-electron chi connectivity index (χ0n) is 10.5. The minimum atomic E-state index is 0.949. The Bertz CT molecular complexity index is 454. The summed E-state index contributed by atoms with van der Waals surface area (Å²) in [5.74, 6) is 0. The summed E-state index contributed by atoms with van der Waals surface area (Å²) in [6, 6.07) is 17.4. The molecule has 0 saturated carbocycles. The van der Waals surface area contributed by atoms with E-state index in [1.165, 1.54) is 22.3 Å². The first-order valence-electron chi connectivity index (χ1n) is 6.16. The van der Waals surface area contributed by atoms with E-state index in [2.05, 4.69) is 67.7 Å². The molecule has 0 aromatic heterocycles. The van der Waals surface area contributed by atoms with Gasteiger partial charge in [-0.2, -0.15) is 0 Å². The van der Waals surface area contributed by atoms with Crippen molar-refractivity contribution in [2.75, 3.05) is 6.54 Å². The number of hydrogen-bond donors (Lipinski definition) is 1. The molecule has 0 aliphatic rings. The van der Waals surface area contributed by atoms with Gasteiger partial charge in [-0.15, -0.1) is 0 Å². The molecule has 0 aliphatic carbocycles. The summed E-state index contributed by atoms with van der Waals surface area (Å²) < 4.78 is 0. The zero-order chi connectivity index (χ0) is 12.1. The minimum absolute atomic E-state index is 0.949. The Morgan fingerprint density at radius 2 is 1.35 bits per heavy atom. The van der Waals surface area contributed by atoms with Gasteiger partial charge >= 0.3 is 0 Å². The number of benzene rings is 2. The van der Waals surface area contributed by atoms with Gasteiger partial charge in [-0.05, 0) is 30.2 Å². The number of rotatable bonds is 4. The van der Waals surface area contributed by atoms with E-state index in [1.807, 2.05) is 0 Å². The van der Waals surface area contributed by atoms with E-state index >= 15 is 0 Å². The van der Waals surface area contributed by atoms with E-state index in [9.17, 15) is 0 Å². The van der Waals surface area contributed by atoms with Crippen molar-refractivity contribution >= 4 is 0 Å². The molecule has 1 N–H and O–H groups in total. The largest absolute Gasteiger partial charge is 0.313 e. The van der Waals surface area contributed by atoms with Crippen molar-refractivity contribution in [1.82, 2.24) is 5.32 Å². The highest BCUT2D eigenvalue weighted by Crippen LogP contribution is 2.20. The average molecular weight is 225 g/mol. The Morgan fingerprint density at radius 1 is 0.824 bits per heavy atom. The van der Waals surface area contributed by atoms with Crippen LogP contribution in [0.25, 0.3) is 11.1 Å². The standard InChI is InChI=1S/C16H19N/c1-3-17-12-14-6-10-16(11-7-14)15-8-4-13(2)5-9-15/h4-11,17H,3,12H2,1-2H3. The van der Waals surface area contributed by atoms with Gasteiger partial charge in [-0.1, -0.05) is 61.0 Å². The van der Waals surface area contributed by atoms with Crippen LogP contribution in [0.15, 0.2) is 48.5 Å². The Kier molecular flexibility index (Phi) is 3.94. The molecule has 1 heteroatoms. The molecule has 0 saturated heterocycles. The molecule has 0 atom stereocenters. The third kappa shape index (κ3) is 3.18. The Balaban J connectivity index is 2.14. The molecular weight excluding hydrogens is 206 g/mol. The summed E-state index contributed by atoms with van der Waals surface area (Å²) in [7, 11) is 0. The lowest BCUT2D eigenvalue weighted by atomic mass is 10.0. The fourth-order valence-corrected chi connectivity index (χ4v) is 1.83. The highest BCUT2D eigenvalue weighted by atomic mass is 14.8. The number of aryl methyl sites for hydroxylation is 1. The van der Waals surface area contributed by atoms with E-state index < -0.39 is 0 Å². The maximum Gasteiger partial charge on any atom is 0.0205 e. The second-order valence-electron chi connectivity index (χ2n) is 4.34. The number of nitrogens with one attached hydrogen (secondary N) is 1. The Morgan fingerprint density at radius 3 is 1.88 bits per heavy atom. The molecule has 0 spiro atoms. The highest BCUT2D eigenvalue weighted by Gasteiger charge is 1.97. The average Bonchev–Trinajstić information content (AvgIpc) is 2.38. The van der Waals surface area contributed by atoms with E-state index in [1.54, 1.807) is 0 Å². The third-order valence-electron chi connectivity index (χ3n) is 2.92. The normalized spacial score (nSPS) is 10.5. The molecule has 0 fully saturated rings. The van der Waals surface area contributed by atoms with E-state index in [4.69, 9.17) is 0 Å². The van der Waals surface area contributed by atoms with Crippen LogP contribution in [0.2, 0.25) is 0 Å². The van der Waals surface area contributed by atoms with Gasteiger partial charge in [-0.25, -0.2) is 0 Å². The first kappa shape index (κ1) is 11.9. The maximum absolute atomic E-state index is 3.33. The molecule has 0 heterocycles. The van der Waals surface area contributed by atoms with Crippen molar-refractivity contribution in [3.8, 4) is 11.1 Å². The monoisotopic (exact) mass is 225 g/mol. The summed E-state index contributed by atoms with van der Waals surface area (Å²) in [6.45, 7) is 6.20. The molecule has 2 aromatic rings. The van der Waals surface area contributed by atoms with Crippen molar-refractivity contribution in [1.29, 1.82) is 0 Å². The quantitative estimate of drug-likeness (QED) is 0.835. The molecule has 0 radical (unpaired) electrons. The van der Waals surface area contributed by atoms with Crippen molar-refractivity contribution < 1.29 is 0 Å². The van der Waals surface area contributed by atoms with E-state index in [0.29, 0.717) is 0 Å². The van der Waals surface area contributed by atoms with Crippen LogP contribution >= 0.6 is 0 Å². The molecule has 0 unspecified atom stereocenters. The van der Waals surface area contributed by atoms with Gasteiger partial charge in [0, 0.05) is 6.54 Å². The van der Waals surface area contributed by atoms with E-state index in [0.717, 1.165) is 13.1 Å². The predicted octanol–water partition coefficient (Wildman–Crippen LogP) is 3.77. The Labute approximate surface area is 103 Å². The summed E-state index contributed by atoms with van der Waals surface area (Å²) in [5.41, 5.74) is 5.20. The lowest BCUT2D eigenvalue weighted by molar-refractivity contribution is 0.727. The van der Waals surface area contributed by atoms with Crippen molar-refractivity contribution in [3.05, 3.63) is 59.7 Å². The maximum atomic E-state index is 3.33. The van der Waals surface area contributed by atoms with Crippen LogP contribution in [-0.4, -0.2) is 6.54 Å². The summed E-state index contributed by atoms with van der Waals surface area (Å²) in [4.78, 5) is 0. The van der Waals surface area contributed by atoms with Crippen molar-refractivity contribution in [2.45, 2.75) is 20.4 Å². The second-order valence-corrected chi connectivity index (χ2v) is 4.34. The molecule has 0 amide bonds. The zero-order valence-corrected chi connectivity index (χ0v) is 10.5. The summed E-state index contributed by atoms with van der Waals surface area (Å²) >= 11 is 0. The molecule has 17 heavy (non-hydrogen) atoms. The van der Waals surface area contributed by atoms with Gasteiger partial charge in [0.2, 0.25) is 0 Å². The Hall–Kier alpha value is -1.60. The van der Waals surface area contributed by atoms with Gasteiger partial charge in [0.25, 0.3) is 0 Å². The van der Waals surface area contributed by atoms with Crippen LogP contribution < -0.4 is 5.32 Å². The predicted molar refractivity (Wildman–Crippen MR) is 74.0 cm³/mol. The van der Waals surface area contributed by atoms with Gasteiger partial charge in [0.05, 0.1) is 0 Å². The summed E-state index contributed by atoms with van der Waals surface area (Å²) in [5, 5.41) is 3.33. The molecule has 0 aliphatic heterocycles. The SMILES string of the molecule is CCNCc1ccc(-c2ccc(C)cc2)cc1. The lowest BCUT2D eigenvalue weighted by Gasteiger charge is -2.05. The molecule has 1 nitrogen and oxygen atoms in total. The fourth-order valence-electron chi connectivity index (χ4n) is 1.83. The van der Waals surface area contributed by atoms with Crippen LogP contribution in [0, 0.1) is 6.92 Å². The lowest BCUT2D eigenvalue weighted by Crippen LogP contribution is -2.11. The molecule has 88 valence electrons. The molecule has 2 aromatic carbocycles. The van der Waals surface area contributed by atoms with Crippen LogP contribution in [0.1, 0.15) is 18.1 Å². The van der Waals surface area contributed by atoms with Gasteiger partial charge in [-0.3, -0.25) is 0 Å². The fraction of sp³-hybridized carbons (Fsp3) is 0.250. The molecular formula is C16H19N.